The van der Waals surface area contributed by atoms with E-state index in [0.29, 0.717) is 47.9 Å². The number of oxazole rings is 1. The summed E-state index contributed by atoms with van der Waals surface area (Å²) in [4.78, 5) is 31.0. The van der Waals surface area contributed by atoms with Gasteiger partial charge in [0, 0.05) is 29.4 Å². The number of nitrogens with one attached hydrogen (secondary N) is 1. The summed E-state index contributed by atoms with van der Waals surface area (Å²) in [6, 6.07) is 3.96. The molecule has 2 aliphatic heterocycles. The minimum atomic E-state index is -0.677. The number of amides is 1. The van der Waals surface area contributed by atoms with Crippen LogP contribution < -0.4 is 4.74 Å². The number of carbonyl (C=O) groups is 1. The summed E-state index contributed by atoms with van der Waals surface area (Å²) in [5.74, 6) is -1.02. The summed E-state index contributed by atoms with van der Waals surface area (Å²) in [7, 11) is 0. The van der Waals surface area contributed by atoms with Gasteiger partial charge in [-0.25, -0.2) is 23.7 Å². The van der Waals surface area contributed by atoms with E-state index < -0.39 is 17.7 Å². The Bertz CT molecular complexity index is 1840. The molecule has 0 unspecified atom stereocenters. The molecule has 0 spiro atoms. The second-order valence-electron chi connectivity index (χ2n) is 10.2. The van der Waals surface area contributed by atoms with Crippen LogP contribution in [0.25, 0.3) is 22.5 Å². The van der Waals surface area contributed by atoms with Gasteiger partial charge in [-0.05, 0) is 60.4 Å². The van der Waals surface area contributed by atoms with E-state index in [0.717, 1.165) is 0 Å². The number of halogens is 3. The summed E-state index contributed by atoms with van der Waals surface area (Å²) in [6.07, 6.45) is 9.60. The van der Waals surface area contributed by atoms with Crippen molar-refractivity contribution in [2.45, 2.75) is 44.4 Å². The van der Waals surface area contributed by atoms with Crippen molar-refractivity contribution >= 4 is 23.1 Å². The molecule has 2 aliphatic rings. The lowest BCUT2D eigenvalue weighted by atomic mass is 9.92. The van der Waals surface area contributed by atoms with Crippen molar-refractivity contribution in [3.05, 3.63) is 89.4 Å². The molecule has 0 radical (unpaired) electrons. The molecule has 4 aromatic heterocycles. The van der Waals surface area contributed by atoms with Gasteiger partial charge in [0.25, 0.3) is 5.88 Å². The van der Waals surface area contributed by atoms with Gasteiger partial charge >= 0.3 is 0 Å². The van der Waals surface area contributed by atoms with E-state index in [1.54, 1.807) is 17.9 Å². The van der Waals surface area contributed by atoms with Gasteiger partial charge in [-0.3, -0.25) is 4.79 Å². The number of rotatable bonds is 7. The Balaban J connectivity index is 1.15. The van der Waals surface area contributed by atoms with Crippen molar-refractivity contribution in [2.75, 3.05) is 0 Å². The number of imidazole rings is 1. The molecule has 12 nitrogen and oxygen atoms in total. The Hall–Kier alpha value is -4.98. The first kappa shape index (κ1) is 26.9. The third-order valence-electron chi connectivity index (χ3n) is 7.65. The van der Waals surface area contributed by atoms with Crippen LogP contribution in [0.3, 0.4) is 0 Å². The SMILES string of the molecule is C[C@H](Oc1nccc(-c2cnc([C@@H]3CC[C@@H]4CC(c5c(-n6cnnn6)ccc(Cl)c5F)=CC(=O)N43)[nH]2)c1F)c1ncco1. The highest BCUT2D eigenvalue weighted by Crippen LogP contribution is 2.44. The summed E-state index contributed by atoms with van der Waals surface area (Å²) in [5, 5.41) is 11.1. The molecule has 3 atom stereocenters. The van der Waals surface area contributed by atoms with Crippen molar-refractivity contribution < 1.29 is 22.7 Å². The van der Waals surface area contributed by atoms with Crippen LogP contribution in [0.15, 0.2) is 59.9 Å². The maximum atomic E-state index is 15.5. The van der Waals surface area contributed by atoms with Crippen LogP contribution in [0.4, 0.5) is 8.78 Å². The highest BCUT2D eigenvalue weighted by atomic mass is 35.5. The first-order valence-corrected chi connectivity index (χ1v) is 13.8. The van der Waals surface area contributed by atoms with Crippen LogP contribution in [-0.4, -0.2) is 57.0 Å². The zero-order valence-electron chi connectivity index (χ0n) is 22.5. The number of hydrogen-bond acceptors (Lipinski definition) is 9. The largest absolute Gasteiger partial charge is 0.463 e. The van der Waals surface area contributed by atoms with Gasteiger partial charge in [0.1, 0.15) is 18.4 Å². The average Bonchev–Trinajstić information content (AvgIpc) is 3.82. The molecule has 0 aliphatic carbocycles. The van der Waals surface area contributed by atoms with Crippen LogP contribution in [0.2, 0.25) is 5.02 Å². The minimum Gasteiger partial charge on any atom is -0.463 e. The number of pyridine rings is 1. The molecule has 1 saturated heterocycles. The molecule has 15 heteroatoms. The Morgan fingerprint density at radius 3 is 2.81 bits per heavy atom. The highest BCUT2D eigenvalue weighted by molar-refractivity contribution is 6.31. The van der Waals surface area contributed by atoms with Gasteiger partial charge in [0.15, 0.2) is 17.7 Å². The molecular weight excluding hydrogens is 584 g/mol. The van der Waals surface area contributed by atoms with E-state index >= 15 is 8.78 Å². The monoisotopic (exact) mass is 605 g/mol. The van der Waals surface area contributed by atoms with Crippen molar-refractivity contribution in [1.29, 1.82) is 0 Å². The van der Waals surface area contributed by atoms with Crippen molar-refractivity contribution in [1.82, 2.24) is 45.0 Å². The molecule has 1 fully saturated rings. The summed E-state index contributed by atoms with van der Waals surface area (Å²) < 4.78 is 43.0. The predicted molar refractivity (Wildman–Crippen MR) is 147 cm³/mol. The number of tetrazole rings is 1. The molecule has 0 bridgehead atoms. The molecular formula is C28H22ClF2N9O3. The minimum absolute atomic E-state index is 0.0704. The highest BCUT2D eigenvalue weighted by Gasteiger charge is 2.42. The number of fused-ring (bicyclic) bond motifs is 1. The van der Waals surface area contributed by atoms with Crippen LogP contribution in [0.5, 0.6) is 5.88 Å². The fourth-order valence-electron chi connectivity index (χ4n) is 5.72. The van der Waals surface area contributed by atoms with Gasteiger partial charge in [-0.2, -0.15) is 4.68 Å². The van der Waals surface area contributed by atoms with Crippen LogP contribution in [0, 0.1) is 11.6 Å². The number of H-pyrrole nitrogens is 1. The standard InChI is InChI=1S/C28H22ClF2N9O3/c1-14(27-33-8-9-42-27)43-28-24(30)17(6-7-32-28)19-12-34-26(36-19)21-4-2-16-10-15(11-22(41)40(16)21)23-20(39-13-35-37-38-39)5-3-18(29)25(23)31/h3,5-9,11-14,16,21H,2,4,10H2,1H3,(H,34,36)/t14-,16+,21-/m0/s1. The summed E-state index contributed by atoms with van der Waals surface area (Å²) >= 11 is 6.12. The molecule has 1 aromatic carbocycles. The third-order valence-corrected chi connectivity index (χ3v) is 7.94. The fraction of sp³-hybridized carbons (Fsp3) is 0.250. The van der Waals surface area contributed by atoms with E-state index in [1.807, 2.05) is 0 Å². The molecule has 1 N–H and O–H groups in total. The summed E-state index contributed by atoms with van der Waals surface area (Å²) in [5.41, 5.74) is 1.67. The molecule has 1 amide bonds. The lowest BCUT2D eigenvalue weighted by Crippen LogP contribution is -2.39. The van der Waals surface area contributed by atoms with E-state index in [2.05, 4.69) is 35.5 Å². The van der Waals surface area contributed by atoms with E-state index in [9.17, 15) is 4.79 Å². The number of benzene rings is 1. The molecule has 43 heavy (non-hydrogen) atoms. The van der Waals surface area contributed by atoms with Crippen LogP contribution in [-0.2, 0) is 4.79 Å². The molecule has 6 heterocycles. The maximum Gasteiger partial charge on any atom is 0.251 e. The van der Waals surface area contributed by atoms with E-state index in [1.165, 1.54) is 54.1 Å². The van der Waals surface area contributed by atoms with Crippen molar-refractivity contribution in [3.63, 3.8) is 0 Å². The first-order chi connectivity index (χ1) is 20.9. The number of ether oxygens (including phenoxy) is 1. The zero-order chi connectivity index (χ0) is 29.7. The Morgan fingerprint density at radius 2 is 2.02 bits per heavy atom. The van der Waals surface area contributed by atoms with E-state index in [-0.39, 0.29) is 40.0 Å². The molecule has 0 saturated carbocycles. The quantitative estimate of drug-likeness (QED) is 0.270. The van der Waals surface area contributed by atoms with Gasteiger partial charge in [0.2, 0.25) is 11.8 Å². The number of aromatic nitrogens is 8. The molecule has 7 rings (SSSR count). The fourth-order valence-corrected chi connectivity index (χ4v) is 5.87. The number of hydrogen-bond donors (Lipinski definition) is 1. The lowest BCUT2D eigenvalue weighted by molar-refractivity contribution is -0.129. The van der Waals surface area contributed by atoms with Crippen LogP contribution >= 0.6 is 11.6 Å². The second-order valence-corrected chi connectivity index (χ2v) is 10.6. The number of nitrogens with zero attached hydrogens (tertiary/aromatic N) is 8. The van der Waals surface area contributed by atoms with Gasteiger partial charge < -0.3 is 19.0 Å². The van der Waals surface area contributed by atoms with Crippen molar-refractivity contribution in [2.24, 2.45) is 0 Å². The topological polar surface area (TPSA) is 141 Å². The predicted octanol–water partition coefficient (Wildman–Crippen LogP) is 5.03. The van der Waals surface area contributed by atoms with Gasteiger partial charge in [-0.15, -0.1) is 5.10 Å². The average molecular weight is 606 g/mol. The van der Waals surface area contributed by atoms with E-state index in [4.69, 9.17) is 20.8 Å². The zero-order valence-corrected chi connectivity index (χ0v) is 23.2. The third kappa shape index (κ3) is 4.73. The van der Waals surface area contributed by atoms with Crippen molar-refractivity contribution in [3.8, 4) is 22.8 Å². The lowest BCUT2D eigenvalue weighted by Gasteiger charge is -2.33. The molecule has 218 valence electrons. The van der Waals surface area contributed by atoms with Gasteiger partial charge in [0.05, 0.1) is 34.8 Å². The Kier molecular flexibility index (Phi) is 6.69. The summed E-state index contributed by atoms with van der Waals surface area (Å²) in [6.45, 7) is 1.67. The second kappa shape index (κ2) is 10.7. The Labute approximate surface area is 247 Å². The normalized spacial score (nSPS) is 18.9. The number of aromatic amines is 1. The molecule has 5 aromatic rings. The first-order valence-electron chi connectivity index (χ1n) is 13.4. The van der Waals surface area contributed by atoms with Crippen LogP contribution in [0.1, 0.15) is 55.6 Å². The smallest absolute Gasteiger partial charge is 0.251 e. The number of carbonyl (C=O) groups excluding carboxylic acids is 1. The maximum absolute atomic E-state index is 15.5. The Morgan fingerprint density at radius 1 is 1.14 bits per heavy atom. The van der Waals surface area contributed by atoms with Gasteiger partial charge in [-0.1, -0.05) is 11.6 Å².